The zero-order chi connectivity index (χ0) is 29.9. The molecule has 6 rings (SSSR count). The summed E-state index contributed by atoms with van der Waals surface area (Å²) in [4.78, 5) is 44.5. The van der Waals surface area contributed by atoms with Gasteiger partial charge < -0.3 is 25.2 Å². The van der Waals surface area contributed by atoms with Gasteiger partial charge in [0.15, 0.2) is 0 Å². The van der Waals surface area contributed by atoms with Gasteiger partial charge in [-0.3, -0.25) is 9.59 Å². The van der Waals surface area contributed by atoms with Gasteiger partial charge in [0.25, 0.3) is 11.8 Å². The minimum absolute atomic E-state index is 0.154. The summed E-state index contributed by atoms with van der Waals surface area (Å²) in [5, 5.41) is 5.64. The summed E-state index contributed by atoms with van der Waals surface area (Å²) in [5.41, 5.74) is 4.51. The van der Waals surface area contributed by atoms with E-state index in [9.17, 15) is 18.8 Å². The average molecular weight is 599 g/mol. The number of aryl methyl sites for hydroxylation is 1. The Labute approximate surface area is 253 Å². The molecule has 3 heterocycles. The number of benzene rings is 3. The van der Waals surface area contributed by atoms with E-state index in [0.29, 0.717) is 61.0 Å². The zero-order valence-electron chi connectivity index (χ0n) is 23.7. The Kier molecular flexibility index (Phi) is 8.22. The number of rotatable bonds is 4. The summed E-state index contributed by atoms with van der Waals surface area (Å²) in [6.07, 6.45) is 1.35. The van der Waals surface area contributed by atoms with Gasteiger partial charge in [0.1, 0.15) is 5.82 Å². The van der Waals surface area contributed by atoms with Crippen molar-refractivity contribution in [1.82, 2.24) is 4.90 Å². The van der Waals surface area contributed by atoms with Crippen molar-refractivity contribution >= 4 is 46.2 Å². The van der Waals surface area contributed by atoms with Crippen molar-refractivity contribution in [2.45, 2.75) is 19.8 Å². The van der Waals surface area contributed by atoms with Gasteiger partial charge in [-0.2, -0.15) is 0 Å². The Hall–Kier alpha value is -4.54. The number of carbonyl (C=O) groups is 3. The van der Waals surface area contributed by atoms with E-state index in [1.807, 2.05) is 30.3 Å². The molecule has 2 N–H and O–H groups in total. The predicted octanol–water partition coefficient (Wildman–Crippen LogP) is 6.57. The number of carbonyl (C=O) groups excluding carboxylic acids is 3. The highest BCUT2D eigenvalue weighted by atomic mass is 32.1. The SMILES string of the molecule is Cc1cccc(F)c1NC(=O)c1cc2c(s1)-c1ccccc1N(C(=O)c1ccc(NC(=O)N3CCCOCC3)cc1)CC2. The number of thiophene rings is 1. The molecule has 3 aromatic carbocycles. The molecule has 43 heavy (non-hydrogen) atoms. The first-order valence-electron chi connectivity index (χ1n) is 14.2. The van der Waals surface area contributed by atoms with Crippen molar-refractivity contribution in [2.75, 3.05) is 48.4 Å². The molecule has 0 bridgehead atoms. The smallest absolute Gasteiger partial charge is 0.321 e. The second-order valence-electron chi connectivity index (χ2n) is 10.5. The third-order valence-electron chi connectivity index (χ3n) is 7.68. The van der Waals surface area contributed by atoms with Gasteiger partial charge in [0, 0.05) is 47.9 Å². The Bertz CT molecular complexity index is 1660. The van der Waals surface area contributed by atoms with Crippen LogP contribution in [0.5, 0.6) is 0 Å². The molecule has 0 atom stereocenters. The van der Waals surface area contributed by atoms with Crippen LogP contribution in [0.4, 0.5) is 26.2 Å². The van der Waals surface area contributed by atoms with E-state index in [2.05, 4.69) is 10.6 Å². The lowest BCUT2D eigenvalue weighted by atomic mass is 10.1. The van der Waals surface area contributed by atoms with Crippen molar-refractivity contribution in [3.8, 4) is 10.4 Å². The van der Waals surface area contributed by atoms with Crippen LogP contribution < -0.4 is 15.5 Å². The van der Waals surface area contributed by atoms with Gasteiger partial charge in [0.05, 0.1) is 22.9 Å². The Morgan fingerprint density at radius 3 is 2.53 bits per heavy atom. The van der Waals surface area contributed by atoms with Crippen molar-refractivity contribution in [1.29, 1.82) is 0 Å². The first kappa shape index (κ1) is 28.6. The number of hydrogen-bond acceptors (Lipinski definition) is 5. The molecule has 1 aromatic heterocycles. The number of hydrogen-bond donors (Lipinski definition) is 2. The topological polar surface area (TPSA) is 91.0 Å². The minimum Gasteiger partial charge on any atom is -0.380 e. The molecule has 1 fully saturated rings. The summed E-state index contributed by atoms with van der Waals surface area (Å²) < 4.78 is 19.8. The number of anilines is 3. The first-order chi connectivity index (χ1) is 20.9. The molecule has 0 unspecified atom stereocenters. The van der Waals surface area contributed by atoms with Crippen LogP contribution in [-0.4, -0.2) is 55.6 Å². The summed E-state index contributed by atoms with van der Waals surface area (Å²) in [6, 6.07) is 20.9. The third-order valence-corrected chi connectivity index (χ3v) is 8.88. The van der Waals surface area contributed by atoms with Crippen LogP contribution >= 0.6 is 11.3 Å². The van der Waals surface area contributed by atoms with E-state index in [4.69, 9.17) is 4.74 Å². The van der Waals surface area contributed by atoms with Crippen LogP contribution in [0.25, 0.3) is 10.4 Å². The van der Waals surface area contributed by atoms with E-state index < -0.39 is 5.82 Å². The molecular formula is C33H31FN4O4S. The largest absolute Gasteiger partial charge is 0.380 e. The first-order valence-corrected chi connectivity index (χ1v) is 15.0. The molecule has 2 aliphatic heterocycles. The Morgan fingerprint density at radius 1 is 0.907 bits per heavy atom. The van der Waals surface area contributed by atoms with E-state index in [-0.39, 0.29) is 23.5 Å². The van der Waals surface area contributed by atoms with Crippen LogP contribution in [0.2, 0.25) is 0 Å². The number of halogens is 1. The highest BCUT2D eigenvalue weighted by Crippen LogP contribution is 2.42. The van der Waals surface area contributed by atoms with Crippen LogP contribution in [0.1, 0.15) is 37.6 Å². The molecule has 2 aliphatic rings. The van der Waals surface area contributed by atoms with Gasteiger partial charge in [-0.05, 0) is 73.4 Å². The van der Waals surface area contributed by atoms with Gasteiger partial charge in [-0.25, -0.2) is 9.18 Å². The average Bonchev–Trinajstić information content (AvgIpc) is 3.16. The lowest BCUT2D eigenvalue weighted by Crippen LogP contribution is -2.36. The fraction of sp³-hybridized carbons (Fsp3) is 0.242. The van der Waals surface area contributed by atoms with Crippen molar-refractivity contribution in [2.24, 2.45) is 0 Å². The lowest BCUT2D eigenvalue weighted by molar-refractivity contribution is 0.0985. The molecule has 0 saturated carbocycles. The number of nitrogens with zero attached hydrogens (tertiary/aromatic N) is 2. The number of nitrogens with one attached hydrogen (secondary N) is 2. The maximum Gasteiger partial charge on any atom is 0.321 e. The van der Waals surface area contributed by atoms with Crippen LogP contribution in [0.15, 0.2) is 72.8 Å². The summed E-state index contributed by atoms with van der Waals surface area (Å²) >= 11 is 1.34. The molecule has 4 aromatic rings. The van der Waals surface area contributed by atoms with Gasteiger partial charge >= 0.3 is 6.03 Å². The second kappa shape index (κ2) is 12.4. The molecule has 0 aliphatic carbocycles. The standard InChI is InChI=1S/C33H31FN4O4S/c1-21-6-4-8-26(34)29(21)36-31(39)28-20-23-14-16-38(27-9-3-2-7-25(27)30(23)43-28)32(40)22-10-12-24(13-11-22)35-33(41)37-15-5-18-42-19-17-37/h2-4,6-13,20H,5,14-19H2,1H3,(H,35,41)(H,36,39). The minimum atomic E-state index is -0.478. The number of urea groups is 1. The van der Waals surface area contributed by atoms with Crippen LogP contribution in [0, 0.1) is 12.7 Å². The summed E-state index contributed by atoms with van der Waals surface area (Å²) in [5.74, 6) is -1.000. The molecule has 0 spiro atoms. The number of ether oxygens (including phenoxy) is 1. The van der Waals surface area contributed by atoms with E-state index >= 15 is 0 Å². The molecular weight excluding hydrogens is 567 g/mol. The highest BCUT2D eigenvalue weighted by Gasteiger charge is 2.28. The Morgan fingerprint density at radius 2 is 1.72 bits per heavy atom. The number of fused-ring (bicyclic) bond motifs is 3. The molecule has 8 nitrogen and oxygen atoms in total. The molecule has 0 radical (unpaired) electrons. The van der Waals surface area contributed by atoms with Gasteiger partial charge in [-0.15, -0.1) is 11.3 Å². The number of amides is 4. The molecule has 4 amide bonds. The van der Waals surface area contributed by atoms with Crippen molar-refractivity contribution < 1.29 is 23.5 Å². The highest BCUT2D eigenvalue weighted by molar-refractivity contribution is 7.17. The molecule has 220 valence electrons. The Balaban J connectivity index is 1.20. The van der Waals surface area contributed by atoms with Crippen molar-refractivity contribution in [3.05, 3.63) is 100 Å². The third kappa shape index (κ3) is 6.02. The quantitative estimate of drug-likeness (QED) is 0.278. The summed E-state index contributed by atoms with van der Waals surface area (Å²) in [7, 11) is 0. The van der Waals surface area contributed by atoms with E-state index in [1.165, 1.54) is 17.4 Å². The summed E-state index contributed by atoms with van der Waals surface area (Å²) in [6.45, 7) is 4.52. The van der Waals surface area contributed by atoms with Gasteiger partial charge in [0.2, 0.25) is 0 Å². The number of para-hydroxylation sites is 2. The van der Waals surface area contributed by atoms with Crippen LogP contribution in [-0.2, 0) is 11.2 Å². The van der Waals surface area contributed by atoms with E-state index in [0.717, 1.165) is 28.1 Å². The fourth-order valence-electron chi connectivity index (χ4n) is 5.39. The normalized spacial score (nSPS) is 14.7. The van der Waals surface area contributed by atoms with Gasteiger partial charge in [-0.1, -0.05) is 30.3 Å². The monoisotopic (exact) mass is 598 g/mol. The van der Waals surface area contributed by atoms with Crippen molar-refractivity contribution in [3.63, 3.8) is 0 Å². The lowest BCUT2D eigenvalue weighted by Gasteiger charge is -2.23. The maximum atomic E-state index is 14.4. The van der Waals surface area contributed by atoms with Crippen LogP contribution in [0.3, 0.4) is 0 Å². The van der Waals surface area contributed by atoms with E-state index in [1.54, 1.807) is 53.1 Å². The fourth-order valence-corrected chi connectivity index (χ4v) is 6.53. The molecule has 10 heteroatoms. The predicted molar refractivity (Wildman–Crippen MR) is 167 cm³/mol. The molecule has 1 saturated heterocycles. The maximum absolute atomic E-state index is 14.4. The second-order valence-corrected chi connectivity index (χ2v) is 11.6. The zero-order valence-corrected chi connectivity index (χ0v) is 24.5.